The van der Waals surface area contributed by atoms with E-state index in [4.69, 9.17) is 19.9 Å². The highest BCUT2D eigenvalue weighted by Gasteiger charge is 2.44. The first-order valence-electron chi connectivity index (χ1n) is 30.7. The molecule has 1 aliphatic rings. The normalized spacial score (nSPS) is 17.0. The van der Waals surface area contributed by atoms with E-state index in [1.54, 1.807) is 102 Å². The number of anilines is 1. The highest BCUT2D eigenvalue weighted by Crippen LogP contribution is 2.30. The second-order valence-electron chi connectivity index (χ2n) is 25.3. The quantitative estimate of drug-likeness (QED) is 0.0426. The molecule has 3 rings (SSSR count). The van der Waals surface area contributed by atoms with Gasteiger partial charge >= 0.3 is 18.1 Å². The van der Waals surface area contributed by atoms with E-state index in [1.165, 1.54) is 19.1 Å². The van der Waals surface area contributed by atoms with Crippen LogP contribution in [0.1, 0.15) is 133 Å². The summed E-state index contributed by atoms with van der Waals surface area (Å²) in [6.07, 6.45) is 0.599. The first-order valence-corrected chi connectivity index (χ1v) is 30.7. The van der Waals surface area contributed by atoms with Crippen LogP contribution in [0.15, 0.2) is 54.6 Å². The molecule has 488 valence electrons. The number of carboxylic acids is 1. The minimum atomic E-state index is -1.17. The monoisotopic (exact) mass is 1220 g/mol. The van der Waals surface area contributed by atoms with Gasteiger partial charge in [0.25, 0.3) is 0 Å². The molecule has 1 unspecified atom stereocenters. The number of carbonyl (C=O) groups excluding carboxylic acids is 8. The van der Waals surface area contributed by atoms with Crippen LogP contribution in [0.5, 0.6) is 0 Å². The SMILES string of the molecule is CC[C@H](C)[C@@H]([C@@H](CC(=O)N1CCC[C@H]1[C@H](OC)[C@@H](C)C(=O)N[C@@H](Cc1ccccc1)C(=O)O)OC)N(C)C(=O)[C@@H](NC(=O)[C@H](C(C)C)N(C)CCc1ccc(N(C)C(=O)C(CCCNC(N)=O)NC(=O)[C@@H](NC(=O)OC(C)(C)C)C(C)C)cc1)C(C)C. The predicted octanol–water partition coefficient (Wildman–Crippen LogP) is 5.50. The number of hydrogen-bond donors (Lipinski definition) is 7. The summed E-state index contributed by atoms with van der Waals surface area (Å²) >= 11 is 0. The number of alkyl carbamates (subject to hydrolysis) is 1. The fraction of sp³-hybridized carbons (Fsp3) is 0.672. The zero-order chi connectivity index (χ0) is 65.6. The van der Waals surface area contributed by atoms with Crippen LogP contribution in [0.4, 0.5) is 15.3 Å². The van der Waals surface area contributed by atoms with Gasteiger partial charge in [0.1, 0.15) is 29.8 Å². The molecule has 1 fully saturated rings. The second kappa shape index (κ2) is 35.2. The van der Waals surface area contributed by atoms with Crippen molar-refractivity contribution in [2.45, 2.75) is 195 Å². The minimum absolute atomic E-state index is 0.0821. The first-order chi connectivity index (χ1) is 40.8. The van der Waals surface area contributed by atoms with E-state index >= 15 is 0 Å². The third-order valence-corrected chi connectivity index (χ3v) is 16.4. The number of ether oxygens (including phenoxy) is 3. The van der Waals surface area contributed by atoms with Gasteiger partial charge in [-0.05, 0) is 107 Å². The number of urea groups is 1. The molecule has 1 saturated heterocycles. The highest BCUT2D eigenvalue weighted by molar-refractivity contribution is 6.00. The van der Waals surface area contributed by atoms with Gasteiger partial charge in [0, 0.05) is 60.1 Å². The Labute approximate surface area is 516 Å². The molecular weight excluding hydrogens is 1120 g/mol. The Balaban J connectivity index is 1.75. The summed E-state index contributed by atoms with van der Waals surface area (Å²) in [5.74, 6) is -5.36. The molecule has 11 atom stereocenters. The highest BCUT2D eigenvalue weighted by atomic mass is 16.6. The number of rotatable bonds is 34. The number of nitrogens with two attached hydrogens (primary N) is 1. The van der Waals surface area contributed by atoms with Crippen LogP contribution < -0.4 is 37.2 Å². The number of amides is 9. The van der Waals surface area contributed by atoms with Gasteiger partial charge in [0.2, 0.25) is 35.4 Å². The molecule has 0 aliphatic carbocycles. The lowest BCUT2D eigenvalue weighted by Gasteiger charge is -2.41. The standard InChI is InChI=1S/C64H104N10O13/c1-18-41(8)54(49(85-16)37-50(75)74-34-23-27-48(74)55(86-17)42(9)56(76)68-47(61(81)82)36-44-24-20-19-21-25-44)73(15)60(80)52(39(4)5)69-58(78)53(40(6)7)71(13)35-32-43-28-30-45(31-29-43)72(14)59(79)46(26-22-33-66-62(65)83)67-57(77)51(38(2)3)70-63(84)87-64(10,11)12/h19-21,24-25,28-31,38-42,46-49,51-55H,18,22-23,26-27,32-37H2,1-17H3,(H,67,77)(H,68,76)(H,69,78)(H,70,84)(H,81,82)(H3,65,66,83)/t41-,42+,46?,47-,48-,49+,51-,52-,53-,54-,55+/m0/s1. The van der Waals surface area contributed by atoms with Gasteiger partial charge in [0.15, 0.2) is 0 Å². The van der Waals surface area contributed by atoms with Crippen LogP contribution in [-0.4, -0.2) is 188 Å². The molecule has 87 heavy (non-hydrogen) atoms. The Hall–Kier alpha value is -6.85. The van der Waals surface area contributed by atoms with Gasteiger partial charge in [-0.15, -0.1) is 0 Å². The number of nitrogens with one attached hydrogen (secondary N) is 5. The summed E-state index contributed by atoms with van der Waals surface area (Å²) in [6.45, 7) is 23.0. The van der Waals surface area contributed by atoms with Crippen LogP contribution in [0.3, 0.4) is 0 Å². The van der Waals surface area contributed by atoms with Crippen LogP contribution in [0, 0.1) is 29.6 Å². The molecule has 0 radical (unpaired) electrons. The Morgan fingerprint density at radius 3 is 1.87 bits per heavy atom. The average molecular weight is 1220 g/mol. The minimum Gasteiger partial charge on any atom is -0.480 e. The van der Waals surface area contributed by atoms with Crippen LogP contribution in [0.25, 0.3) is 0 Å². The van der Waals surface area contributed by atoms with Gasteiger partial charge in [-0.2, -0.15) is 0 Å². The maximum atomic E-state index is 14.8. The van der Waals surface area contributed by atoms with Crippen molar-refractivity contribution in [3.63, 3.8) is 0 Å². The number of likely N-dealkylation sites (tertiary alicyclic amines) is 1. The fourth-order valence-corrected chi connectivity index (χ4v) is 11.3. The Kier molecular flexibility index (Phi) is 30.1. The van der Waals surface area contributed by atoms with E-state index in [0.717, 1.165) is 11.1 Å². The van der Waals surface area contributed by atoms with E-state index in [1.807, 2.05) is 71.7 Å². The summed E-state index contributed by atoms with van der Waals surface area (Å²) in [6, 6.07) is 9.82. The lowest BCUT2D eigenvalue weighted by molar-refractivity contribution is -0.148. The number of nitrogens with zero attached hydrogens (tertiary/aromatic N) is 4. The molecule has 0 bridgehead atoms. The average Bonchev–Trinajstić information content (AvgIpc) is 2.34. The zero-order valence-corrected chi connectivity index (χ0v) is 54.8. The molecule has 0 aromatic heterocycles. The number of carboxylic acid groups (broad SMARTS) is 1. The van der Waals surface area contributed by atoms with Crippen molar-refractivity contribution < 1.29 is 62.5 Å². The number of benzene rings is 2. The second-order valence-corrected chi connectivity index (χ2v) is 25.3. The van der Waals surface area contributed by atoms with Crippen molar-refractivity contribution in [1.29, 1.82) is 0 Å². The molecule has 23 heteroatoms. The number of likely N-dealkylation sites (N-methyl/N-ethyl adjacent to an activating group) is 3. The van der Waals surface area contributed by atoms with Gasteiger partial charge in [0.05, 0.1) is 42.7 Å². The van der Waals surface area contributed by atoms with Crippen LogP contribution in [0.2, 0.25) is 0 Å². The maximum absolute atomic E-state index is 14.8. The Bertz CT molecular complexity index is 2560. The van der Waals surface area contributed by atoms with E-state index < -0.39 is 102 Å². The van der Waals surface area contributed by atoms with Crippen molar-refractivity contribution in [2.75, 3.05) is 59.9 Å². The first kappa shape index (κ1) is 74.4. The smallest absolute Gasteiger partial charge is 0.408 e. The lowest BCUT2D eigenvalue weighted by Crippen LogP contribution is -2.60. The Morgan fingerprint density at radius 1 is 0.736 bits per heavy atom. The van der Waals surface area contributed by atoms with E-state index in [9.17, 15) is 48.3 Å². The molecule has 0 spiro atoms. The van der Waals surface area contributed by atoms with Gasteiger partial charge < -0.3 is 66.3 Å². The van der Waals surface area contributed by atoms with Crippen molar-refractivity contribution in [2.24, 2.45) is 35.3 Å². The molecule has 2 aromatic rings. The molecule has 8 N–H and O–H groups in total. The summed E-state index contributed by atoms with van der Waals surface area (Å²) in [4.78, 5) is 128. The molecule has 1 aliphatic heterocycles. The van der Waals surface area contributed by atoms with Gasteiger partial charge in [-0.1, -0.05) is 111 Å². The van der Waals surface area contributed by atoms with Crippen LogP contribution in [-0.2, 0) is 60.6 Å². The molecule has 0 saturated carbocycles. The number of methoxy groups -OCH3 is 2. The summed E-state index contributed by atoms with van der Waals surface area (Å²) < 4.78 is 17.4. The molecule has 2 aromatic carbocycles. The topological polar surface area (TPSA) is 301 Å². The largest absolute Gasteiger partial charge is 0.480 e. The summed E-state index contributed by atoms with van der Waals surface area (Å²) in [5.41, 5.74) is 6.69. The summed E-state index contributed by atoms with van der Waals surface area (Å²) in [7, 11) is 8.13. The van der Waals surface area contributed by atoms with E-state index in [-0.39, 0.29) is 67.2 Å². The third kappa shape index (κ3) is 22.7. The van der Waals surface area contributed by atoms with Crippen molar-refractivity contribution in [3.05, 3.63) is 65.7 Å². The van der Waals surface area contributed by atoms with Crippen LogP contribution >= 0.6 is 0 Å². The summed E-state index contributed by atoms with van der Waals surface area (Å²) in [5, 5.41) is 23.8. The number of aliphatic carboxylic acids is 1. The van der Waals surface area contributed by atoms with Crippen molar-refractivity contribution in [1.82, 2.24) is 41.3 Å². The third-order valence-electron chi connectivity index (χ3n) is 16.4. The van der Waals surface area contributed by atoms with Gasteiger partial charge in [-0.25, -0.2) is 14.4 Å². The molecule has 1 heterocycles. The predicted molar refractivity (Wildman–Crippen MR) is 334 cm³/mol. The van der Waals surface area contributed by atoms with Gasteiger partial charge in [-0.3, -0.25) is 33.7 Å². The van der Waals surface area contributed by atoms with E-state index in [0.29, 0.717) is 50.9 Å². The molecule has 9 amide bonds. The fourth-order valence-electron chi connectivity index (χ4n) is 11.3. The lowest BCUT2D eigenvalue weighted by atomic mass is 9.89. The number of hydrogen-bond acceptors (Lipinski definition) is 13. The molecule has 23 nitrogen and oxygen atoms in total. The van der Waals surface area contributed by atoms with Crippen molar-refractivity contribution in [3.8, 4) is 0 Å². The molecular formula is C64H104N10O13. The number of carbonyl (C=O) groups is 9. The maximum Gasteiger partial charge on any atom is 0.408 e. The van der Waals surface area contributed by atoms with E-state index in [2.05, 4.69) is 26.6 Å². The van der Waals surface area contributed by atoms with Crippen molar-refractivity contribution >= 4 is 59.2 Å². The number of primary amides is 1. The zero-order valence-electron chi connectivity index (χ0n) is 54.8. The Morgan fingerprint density at radius 2 is 1.34 bits per heavy atom.